The molecule has 0 bridgehead atoms. The number of hydrogen-bond acceptors (Lipinski definition) is 5. The van der Waals surface area contributed by atoms with Gasteiger partial charge < -0.3 is 24.6 Å². The number of ether oxygens (including phenoxy) is 2. The lowest BCUT2D eigenvalue weighted by atomic mass is 10.0. The third-order valence-electron chi connectivity index (χ3n) is 6.40. The van der Waals surface area contributed by atoms with Crippen molar-refractivity contribution in [2.75, 3.05) is 39.2 Å². The Morgan fingerprint density at radius 1 is 1.14 bits per heavy atom. The van der Waals surface area contributed by atoms with Gasteiger partial charge in [0, 0.05) is 50.8 Å². The number of anilines is 1. The fourth-order valence-electron chi connectivity index (χ4n) is 4.14. The van der Waals surface area contributed by atoms with Crippen LogP contribution in [-0.4, -0.2) is 73.5 Å². The van der Waals surface area contributed by atoms with Crippen LogP contribution < -0.4 is 10.1 Å². The van der Waals surface area contributed by atoms with Gasteiger partial charge in [0.25, 0.3) is 11.8 Å². The normalized spacial score (nSPS) is 21.1. The Labute approximate surface area is 211 Å². The molecule has 1 N–H and O–H groups in total. The summed E-state index contributed by atoms with van der Waals surface area (Å²) in [6, 6.07) is 10.0. The number of likely N-dealkylation sites (N-methyl/N-ethyl adjacent to an activating group) is 1. The monoisotopic (exact) mass is 499 g/mol. The molecule has 0 fully saturated rings. The van der Waals surface area contributed by atoms with Crippen LogP contribution in [0.4, 0.5) is 10.1 Å². The Bertz CT molecular complexity index is 1090. The predicted molar refractivity (Wildman–Crippen MR) is 135 cm³/mol. The first-order valence-corrected chi connectivity index (χ1v) is 12.1. The van der Waals surface area contributed by atoms with E-state index in [1.165, 1.54) is 24.3 Å². The molecule has 0 aromatic heterocycles. The lowest BCUT2D eigenvalue weighted by Crippen LogP contribution is -2.48. The zero-order valence-electron chi connectivity index (χ0n) is 21.4. The van der Waals surface area contributed by atoms with E-state index < -0.39 is 5.82 Å². The van der Waals surface area contributed by atoms with Crippen molar-refractivity contribution in [2.24, 2.45) is 5.92 Å². The van der Waals surface area contributed by atoms with E-state index in [1.54, 1.807) is 49.1 Å². The molecule has 0 saturated carbocycles. The first kappa shape index (κ1) is 27.1. The largest absolute Gasteiger partial charge is 0.491 e. The SMILES string of the molecule is CCC(=O)Nc1ccc2c(c1)C(=O)N(C)C[C@H](OC)[C@@H](C)CN(C(=O)c1ccc(F)cc1)[C@H](C)CO2. The van der Waals surface area contributed by atoms with E-state index in [9.17, 15) is 18.8 Å². The molecule has 3 rings (SSSR count). The summed E-state index contributed by atoms with van der Waals surface area (Å²) in [5.41, 5.74) is 1.18. The number of fused-ring (bicyclic) bond motifs is 1. The first-order chi connectivity index (χ1) is 17.1. The molecule has 0 aliphatic carbocycles. The molecule has 0 radical (unpaired) electrons. The van der Waals surface area contributed by atoms with Crippen molar-refractivity contribution in [3.05, 3.63) is 59.4 Å². The number of benzene rings is 2. The summed E-state index contributed by atoms with van der Waals surface area (Å²) in [4.78, 5) is 41.9. The van der Waals surface area contributed by atoms with Gasteiger partial charge >= 0.3 is 0 Å². The van der Waals surface area contributed by atoms with Gasteiger partial charge in [0.05, 0.1) is 17.7 Å². The maximum absolute atomic E-state index is 13.4. The second-order valence-corrected chi connectivity index (χ2v) is 9.17. The number of carbonyl (C=O) groups excluding carboxylic acids is 3. The van der Waals surface area contributed by atoms with Crippen molar-refractivity contribution >= 4 is 23.4 Å². The Morgan fingerprint density at radius 3 is 2.47 bits per heavy atom. The highest BCUT2D eigenvalue weighted by Crippen LogP contribution is 2.27. The third-order valence-corrected chi connectivity index (χ3v) is 6.40. The zero-order chi connectivity index (χ0) is 26.4. The maximum atomic E-state index is 13.4. The van der Waals surface area contributed by atoms with Gasteiger partial charge in [0.2, 0.25) is 5.91 Å². The number of rotatable bonds is 4. The number of halogens is 1. The molecule has 194 valence electrons. The van der Waals surface area contributed by atoms with Gasteiger partial charge in [-0.1, -0.05) is 13.8 Å². The molecular weight excluding hydrogens is 465 g/mol. The fourth-order valence-corrected chi connectivity index (χ4v) is 4.14. The van der Waals surface area contributed by atoms with E-state index >= 15 is 0 Å². The number of hydrogen-bond donors (Lipinski definition) is 1. The van der Waals surface area contributed by atoms with Gasteiger partial charge in [-0.2, -0.15) is 0 Å². The third kappa shape index (κ3) is 6.40. The van der Waals surface area contributed by atoms with Gasteiger partial charge in [-0.3, -0.25) is 14.4 Å². The van der Waals surface area contributed by atoms with Crippen molar-refractivity contribution in [2.45, 2.75) is 39.3 Å². The van der Waals surface area contributed by atoms with Gasteiger partial charge in [-0.05, 0) is 49.4 Å². The molecule has 0 unspecified atom stereocenters. The summed E-state index contributed by atoms with van der Waals surface area (Å²) < 4.78 is 25.2. The van der Waals surface area contributed by atoms with Crippen LogP contribution in [0.5, 0.6) is 5.75 Å². The topological polar surface area (TPSA) is 88.2 Å². The smallest absolute Gasteiger partial charge is 0.257 e. The summed E-state index contributed by atoms with van der Waals surface area (Å²) in [6.45, 7) is 6.35. The summed E-state index contributed by atoms with van der Waals surface area (Å²) in [7, 11) is 3.26. The van der Waals surface area contributed by atoms with Crippen molar-refractivity contribution in [3.63, 3.8) is 0 Å². The molecule has 1 aliphatic heterocycles. The van der Waals surface area contributed by atoms with E-state index in [-0.39, 0.29) is 48.9 Å². The lowest BCUT2D eigenvalue weighted by molar-refractivity contribution is -0.115. The number of nitrogens with one attached hydrogen (secondary N) is 1. The minimum Gasteiger partial charge on any atom is -0.491 e. The quantitative estimate of drug-likeness (QED) is 0.691. The molecule has 36 heavy (non-hydrogen) atoms. The lowest BCUT2D eigenvalue weighted by Gasteiger charge is -2.36. The van der Waals surface area contributed by atoms with Crippen LogP contribution in [0.25, 0.3) is 0 Å². The molecule has 1 heterocycles. The summed E-state index contributed by atoms with van der Waals surface area (Å²) in [5, 5.41) is 2.77. The van der Waals surface area contributed by atoms with Crippen LogP contribution in [0, 0.1) is 11.7 Å². The molecule has 9 heteroatoms. The van der Waals surface area contributed by atoms with Crippen molar-refractivity contribution < 1.29 is 28.2 Å². The Morgan fingerprint density at radius 2 is 1.83 bits per heavy atom. The first-order valence-electron chi connectivity index (χ1n) is 12.1. The average Bonchev–Trinajstić information content (AvgIpc) is 2.87. The van der Waals surface area contributed by atoms with Crippen LogP contribution in [0.15, 0.2) is 42.5 Å². The molecule has 0 saturated heterocycles. The van der Waals surface area contributed by atoms with Crippen molar-refractivity contribution in [1.29, 1.82) is 0 Å². The van der Waals surface area contributed by atoms with Crippen LogP contribution >= 0.6 is 0 Å². The predicted octanol–water partition coefficient (Wildman–Crippen LogP) is 3.82. The minimum absolute atomic E-state index is 0.119. The van der Waals surface area contributed by atoms with Gasteiger partial charge in [-0.25, -0.2) is 4.39 Å². The van der Waals surface area contributed by atoms with E-state index in [4.69, 9.17) is 9.47 Å². The van der Waals surface area contributed by atoms with E-state index in [2.05, 4.69) is 5.32 Å². The number of methoxy groups -OCH3 is 1. The highest BCUT2D eigenvalue weighted by atomic mass is 19.1. The van der Waals surface area contributed by atoms with Crippen LogP contribution in [-0.2, 0) is 9.53 Å². The highest BCUT2D eigenvalue weighted by molar-refractivity contribution is 5.99. The zero-order valence-corrected chi connectivity index (χ0v) is 21.4. The summed E-state index contributed by atoms with van der Waals surface area (Å²) in [6.07, 6.45) is -0.0361. The number of nitrogens with zero attached hydrogens (tertiary/aromatic N) is 2. The van der Waals surface area contributed by atoms with Gasteiger partial charge in [-0.15, -0.1) is 0 Å². The number of amides is 3. The van der Waals surface area contributed by atoms with Gasteiger partial charge in [0.1, 0.15) is 18.2 Å². The minimum atomic E-state index is -0.414. The molecule has 3 atom stereocenters. The molecule has 2 aromatic carbocycles. The van der Waals surface area contributed by atoms with Crippen LogP contribution in [0.3, 0.4) is 0 Å². The summed E-state index contributed by atoms with van der Waals surface area (Å²) >= 11 is 0. The highest BCUT2D eigenvalue weighted by Gasteiger charge is 2.31. The molecule has 1 aliphatic rings. The Kier molecular flexibility index (Phi) is 9.03. The Balaban J connectivity index is 1.98. The van der Waals surface area contributed by atoms with E-state index in [1.807, 2.05) is 13.8 Å². The van der Waals surface area contributed by atoms with E-state index in [0.717, 1.165) is 0 Å². The summed E-state index contributed by atoms with van der Waals surface area (Å²) in [5.74, 6) is -0.854. The maximum Gasteiger partial charge on any atom is 0.257 e. The van der Waals surface area contributed by atoms with Crippen molar-refractivity contribution in [3.8, 4) is 5.75 Å². The van der Waals surface area contributed by atoms with E-state index in [0.29, 0.717) is 35.5 Å². The van der Waals surface area contributed by atoms with Crippen molar-refractivity contribution in [1.82, 2.24) is 9.80 Å². The Hall–Kier alpha value is -3.46. The molecule has 2 aromatic rings. The molecule has 0 spiro atoms. The second kappa shape index (κ2) is 12.0. The fraction of sp³-hybridized carbons (Fsp3) is 0.444. The molecular formula is C27H34FN3O5. The van der Waals surface area contributed by atoms with Crippen LogP contribution in [0.1, 0.15) is 47.9 Å². The number of carbonyl (C=O) groups is 3. The average molecular weight is 500 g/mol. The standard InChI is InChI=1S/C27H34FN3O5/c1-6-25(32)29-21-11-12-23-22(13-21)27(34)30(4)15-24(35-5)17(2)14-31(18(3)16-36-23)26(33)19-7-9-20(28)10-8-19/h7-13,17-18,24H,6,14-16H2,1-5H3,(H,29,32)/t17-,18+,24-/m0/s1. The van der Waals surface area contributed by atoms with Gasteiger partial charge in [0.15, 0.2) is 0 Å². The second-order valence-electron chi connectivity index (χ2n) is 9.17. The molecule has 8 nitrogen and oxygen atoms in total. The molecule has 3 amide bonds. The van der Waals surface area contributed by atoms with Crippen LogP contribution in [0.2, 0.25) is 0 Å².